The van der Waals surface area contributed by atoms with Crippen LogP contribution in [0.2, 0.25) is 0 Å². The van der Waals surface area contributed by atoms with E-state index in [0.29, 0.717) is 17.8 Å². The zero-order chi connectivity index (χ0) is 15.2. The highest BCUT2D eigenvalue weighted by Crippen LogP contribution is 2.29. The molecule has 0 spiro atoms. The summed E-state index contributed by atoms with van der Waals surface area (Å²) in [5, 5.41) is 15.7. The highest BCUT2D eigenvalue weighted by molar-refractivity contribution is 5.96. The van der Waals surface area contributed by atoms with Crippen LogP contribution < -0.4 is 16.4 Å². The number of amides is 1. The summed E-state index contributed by atoms with van der Waals surface area (Å²) >= 11 is 0. The number of carbonyl (C=O) groups is 1. The quantitative estimate of drug-likeness (QED) is 0.625. The molecule has 1 aliphatic rings. The minimum absolute atomic E-state index is 0.0945. The second-order valence-corrected chi connectivity index (χ2v) is 5.64. The lowest BCUT2D eigenvalue weighted by molar-refractivity contribution is 0.0956. The third-order valence-corrected chi connectivity index (χ3v) is 4.14. The second-order valence-electron chi connectivity index (χ2n) is 5.64. The number of anilines is 2. The first kappa shape index (κ1) is 15.6. The molecule has 0 heterocycles. The van der Waals surface area contributed by atoms with Gasteiger partial charge in [0.1, 0.15) is 0 Å². The standard InChI is InChI=1S/C16H25N3O2/c1-2-18-16(21)11-7-8-13(17)15(9-11)19-14-6-4-3-5-12(14)10-20/h7-9,12,14,19-20H,2-6,10,17H2,1H3,(H,18,21). The van der Waals surface area contributed by atoms with E-state index in [4.69, 9.17) is 5.73 Å². The van der Waals surface area contributed by atoms with Crippen LogP contribution in [-0.4, -0.2) is 30.2 Å². The van der Waals surface area contributed by atoms with E-state index in [1.54, 1.807) is 18.2 Å². The van der Waals surface area contributed by atoms with Crippen molar-refractivity contribution in [2.75, 3.05) is 24.2 Å². The third kappa shape index (κ3) is 3.88. The van der Waals surface area contributed by atoms with Crippen molar-refractivity contribution in [2.45, 2.75) is 38.6 Å². The van der Waals surface area contributed by atoms with Crippen LogP contribution in [0.4, 0.5) is 11.4 Å². The van der Waals surface area contributed by atoms with Crippen molar-refractivity contribution < 1.29 is 9.90 Å². The molecular weight excluding hydrogens is 266 g/mol. The smallest absolute Gasteiger partial charge is 0.251 e. The molecule has 1 saturated carbocycles. The Balaban J connectivity index is 2.14. The number of nitrogens with two attached hydrogens (primary N) is 1. The number of benzene rings is 1. The molecule has 2 rings (SSSR count). The SMILES string of the molecule is CCNC(=O)c1ccc(N)c(NC2CCCCC2CO)c1. The molecular formula is C16H25N3O2. The predicted octanol–water partition coefficient (Wildman–Crippen LogP) is 1.98. The Kier molecular flexibility index (Phi) is 5.44. The normalized spacial score (nSPS) is 21.8. The molecule has 1 aromatic carbocycles. The molecule has 2 atom stereocenters. The molecule has 1 aromatic rings. The lowest BCUT2D eigenvalue weighted by atomic mass is 9.85. The fourth-order valence-corrected chi connectivity index (χ4v) is 2.90. The summed E-state index contributed by atoms with van der Waals surface area (Å²) < 4.78 is 0. The van der Waals surface area contributed by atoms with Crippen LogP contribution in [-0.2, 0) is 0 Å². The van der Waals surface area contributed by atoms with E-state index in [1.807, 2.05) is 6.92 Å². The van der Waals surface area contributed by atoms with Gasteiger partial charge in [-0.3, -0.25) is 4.79 Å². The van der Waals surface area contributed by atoms with Gasteiger partial charge in [-0.25, -0.2) is 0 Å². The molecule has 1 amide bonds. The van der Waals surface area contributed by atoms with Gasteiger partial charge in [-0.2, -0.15) is 0 Å². The molecule has 0 bridgehead atoms. The van der Waals surface area contributed by atoms with Crippen molar-refractivity contribution in [3.8, 4) is 0 Å². The zero-order valence-electron chi connectivity index (χ0n) is 12.6. The van der Waals surface area contributed by atoms with Gasteiger partial charge in [0.25, 0.3) is 5.91 Å². The van der Waals surface area contributed by atoms with Gasteiger partial charge < -0.3 is 21.5 Å². The van der Waals surface area contributed by atoms with E-state index in [9.17, 15) is 9.90 Å². The van der Waals surface area contributed by atoms with Crippen LogP contribution in [0.1, 0.15) is 43.0 Å². The summed E-state index contributed by atoms with van der Waals surface area (Å²) in [5.41, 5.74) is 8.02. The molecule has 0 saturated heterocycles. The Morgan fingerprint density at radius 1 is 1.38 bits per heavy atom. The van der Waals surface area contributed by atoms with E-state index in [0.717, 1.165) is 31.4 Å². The first-order chi connectivity index (χ1) is 10.2. The van der Waals surface area contributed by atoms with Gasteiger partial charge >= 0.3 is 0 Å². The average molecular weight is 291 g/mol. The molecule has 5 nitrogen and oxygen atoms in total. The zero-order valence-corrected chi connectivity index (χ0v) is 12.6. The van der Waals surface area contributed by atoms with Crippen LogP contribution in [0.25, 0.3) is 0 Å². The predicted molar refractivity (Wildman–Crippen MR) is 85.3 cm³/mol. The number of aliphatic hydroxyl groups excluding tert-OH is 1. The molecule has 5 N–H and O–H groups in total. The highest BCUT2D eigenvalue weighted by Gasteiger charge is 2.24. The molecule has 1 fully saturated rings. The second kappa shape index (κ2) is 7.31. The molecule has 2 unspecified atom stereocenters. The van der Waals surface area contributed by atoms with Gasteiger partial charge in [-0.05, 0) is 38.0 Å². The fraction of sp³-hybridized carbons (Fsp3) is 0.562. The van der Waals surface area contributed by atoms with Crippen LogP contribution >= 0.6 is 0 Å². The lowest BCUT2D eigenvalue weighted by Crippen LogP contribution is -2.34. The van der Waals surface area contributed by atoms with E-state index in [1.165, 1.54) is 0 Å². The number of aliphatic hydroxyl groups is 1. The largest absolute Gasteiger partial charge is 0.397 e. The number of rotatable bonds is 5. The lowest BCUT2D eigenvalue weighted by Gasteiger charge is -2.32. The molecule has 0 aliphatic heterocycles. The summed E-state index contributed by atoms with van der Waals surface area (Å²) in [6, 6.07) is 5.50. The minimum Gasteiger partial charge on any atom is -0.397 e. The van der Waals surface area contributed by atoms with Crippen LogP contribution in [0.3, 0.4) is 0 Å². The van der Waals surface area contributed by atoms with Gasteiger partial charge in [-0.1, -0.05) is 12.8 Å². The number of hydrogen-bond acceptors (Lipinski definition) is 4. The molecule has 0 radical (unpaired) electrons. The summed E-state index contributed by atoms with van der Waals surface area (Å²) in [4.78, 5) is 11.9. The number of carbonyl (C=O) groups excluding carboxylic acids is 1. The van der Waals surface area contributed by atoms with Crippen molar-refractivity contribution in [1.29, 1.82) is 0 Å². The molecule has 0 aromatic heterocycles. The summed E-state index contributed by atoms with van der Waals surface area (Å²) in [6.45, 7) is 2.68. The molecule has 116 valence electrons. The Morgan fingerprint density at radius 3 is 2.86 bits per heavy atom. The van der Waals surface area contributed by atoms with Gasteiger partial charge in [0.15, 0.2) is 0 Å². The van der Waals surface area contributed by atoms with Gasteiger partial charge in [-0.15, -0.1) is 0 Å². The van der Waals surface area contributed by atoms with Crippen LogP contribution in [0.5, 0.6) is 0 Å². The first-order valence-corrected chi connectivity index (χ1v) is 7.70. The maximum absolute atomic E-state index is 11.9. The van der Waals surface area contributed by atoms with Gasteiger partial charge in [0, 0.05) is 30.7 Å². The first-order valence-electron chi connectivity index (χ1n) is 7.70. The Labute approximate surface area is 125 Å². The maximum atomic E-state index is 11.9. The number of nitrogens with one attached hydrogen (secondary N) is 2. The van der Waals surface area contributed by atoms with Gasteiger partial charge in [0.2, 0.25) is 0 Å². The maximum Gasteiger partial charge on any atom is 0.251 e. The Morgan fingerprint density at radius 2 is 2.14 bits per heavy atom. The molecule has 5 heteroatoms. The third-order valence-electron chi connectivity index (χ3n) is 4.14. The van der Waals surface area contributed by atoms with Crippen molar-refractivity contribution in [3.05, 3.63) is 23.8 Å². The van der Waals surface area contributed by atoms with Crippen LogP contribution in [0.15, 0.2) is 18.2 Å². The summed E-state index contributed by atoms with van der Waals surface area (Å²) in [5.74, 6) is 0.161. The topological polar surface area (TPSA) is 87.4 Å². The summed E-state index contributed by atoms with van der Waals surface area (Å²) in [7, 11) is 0. The highest BCUT2D eigenvalue weighted by atomic mass is 16.3. The van der Waals surface area contributed by atoms with Crippen LogP contribution in [0, 0.1) is 5.92 Å². The van der Waals surface area contributed by atoms with E-state index in [2.05, 4.69) is 10.6 Å². The van der Waals surface area contributed by atoms with Gasteiger partial charge in [0.05, 0.1) is 11.4 Å². The monoisotopic (exact) mass is 291 g/mol. The molecule has 1 aliphatic carbocycles. The van der Waals surface area contributed by atoms with Crippen molar-refractivity contribution in [1.82, 2.24) is 5.32 Å². The number of nitrogen functional groups attached to an aromatic ring is 1. The fourth-order valence-electron chi connectivity index (χ4n) is 2.90. The Hall–Kier alpha value is -1.75. The van der Waals surface area contributed by atoms with Crippen molar-refractivity contribution in [2.24, 2.45) is 5.92 Å². The van der Waals surface area contributed by atoms with E-state index in [-0.39, 0.29) is 24.5 Å². The average Bonchev–Trinajstić information content (AvgIpc) is 2.50. The Bertz CT molecular complexity index is 490. The van der Waals surface area contributed by atoms with Crippen molar-refractivity contribution in [3.63, 3.8) is 0 Å². The van der Waals surface area contributed by atoms with E-state index < -0.39 is 0 Å². The summed E-state index contributed by atoms with van der Waals surface area (Å²) in [6.07, 6.45) is 4.38. The number of hydrogen-bond donors (Lipinski definition) is 4. The van der Waals surface area contributed by atoms with E-state index >= 15 is 0 Å². The van der Waals surface area contributed by atoms with Crippen molar-refractivity contribution >= 4 is 17.3 Å². The minimum atomic E-state index is -0.0945. The molecule has 21 heavy (non-hydrogen) atoms.